The highest BCUT2D eigenvalue weighted by molar-refractivity contribution is 6.27. The molecule has 9 nitrogen and oxygen atoms in total. The van der Waals surface area contributed by atoms with E-state index in [-0.39, 0.29) is 11.9 Å². The molecule has 0 saturated carbocycles. The van der Waals surface area contributed by atoms with Gasteiger partial charge in [-0.1, -0.05) is 48.5 Å². The summed E-state index contributed by atoms with van der Waals surface area (Å²) in [5, 5.41) is 22.9. The summed E-state index contributed by atoms with van der Waals surface area (Å²) < 4.78 is 11.4. The van der Waals surface area contributed by atoms with Crippen molar-refractivity contribution in [2.45, 2.75) is 19.5 Å². The number of para-hydroxylation sites is 1. The van der Waals surface area contributed by atoms with E-state index in [2.05, 4.69) is 10.6 Å². The van der Waals surface area contributed by atoms with Crippen LogP contribution in [0.5, 0.6) is 5.75 Å². The molecule has 3 aromatic carbocycles. The third-order valence-electron chi connectivity index (χ3n) is 4.99. The molecule has 4 rings (SSSR count). The third kappa shape index (κ3) is 5.90. The Morgan fingerprint density at radius 3 is 2.21 bits per heavy atom. The van der Waals surface area contributed by atoms with Crippen LogP contribution in [-0.4, -0.2) is 41.2 Å². The summed E-state index contributed by atoms with van der Waals surface area (Å²) >= 11 is 0. The van der Waals surface area contributed by atoms with Crippen molar-refractivity contribution in [3.05, 3.63) is 72.3 Å². The first kappa shape index (κ1) is 24.3. The van der Waals surface area contributed by atoms with Crippen molar-refractivity contribution in [3.8, 4) is 5.75 Å². The molecule has 9 heteroatoms. The van der Waals surface area contributed by atoms with E-state index in [1.807, 2.05) is 73.7 Å². The van der Waals surface area contributed by atoms with Crippen molar-refractivity contribution in [3.63, 3.8) is 0 Å². The molecule has 34 heavy (non-hydrogen) atoms. The van der Waals surface area contributed by atoms with Crippen LogP contribution < -0.4 is 15.4 Å². The Bertz CT molecular complexity index is 1300. The fourth-order valence-corrected chi connectivity index (χ4v) is 3.22. The predicted octanol–water partition coefficient (Wildman–Crippen LogP) is 3.87. The van der Waals surface area contributed by atoms with E-state index in [1.54, 1.807) is 7.11 Å². The number of ether oxygens (including phenoxy) is 1. The van der Waals surface area contributed by atoms with Gasteiger partial charge in [-0.05, 0) is 24.6 Å². The summed E-state index contributed by atoms with van der Waals surface area (Å²) in [6.45, 7) is 2.46. The Kier molecular flexibility index (Phi) is 7.83. The molecule has 0 aliphatic carbocycles. The van der Waals surface area contributed by atoms with E-state index in [1.165, 1.54) is 0 Å². The average Bonchev–Trinajstić information content (AvgIpc) is 3.20. The lowest BCUT2D eigenvalue weighted by Gasteiger charge is -2.16. The van der Waals surface area contributed by atoms with Crippen molar-refractivity contribution >= 4 is 45.5 Å². The summed E-state index contributed by atoms with van der Waals surface area (Å²) in [5.41, 5.74) is 3.24. The number of benzene rings is 3. The monoisotopic (exact) mass is 464 g/mol. The van der Waals surface area contributed by atoms with Gasteiger partial charge in [0, 0.05) is 23.4 Å². The molecule has 0 bridgehead atoms. The number of hydrogen-bond donors (Lipinski definition) is 4. The molecule has 0 aliphatic rings. The van der Waals surface area contributed by atoms with E-state index < -0.39 is 11.9 Å². The van der Waals surface area contributed by atoms with Crippen LogP contribution in [0.15, 0.2) is 71.1 Å². The Balaban J connectivity index is 0.000000481. The minimum Gasteiger partial charge on any atom is -0.495 e. The number of carbonyl (C=O) groups excluding carboxylic acids is 1. The molecule has 4 aromatic rings. The van der Waals surface area contributed by atoms with Crippen LogP contribution in [0.3, 0.4) is 0 Å². The molecule has 0 saturated heterocycles. The second-order valence-electron chi connectivity index (χ2n) is 7.33. The number of carboxylic acid groups (broad SMARTS) is 2. The Morgan fingerprint density at radius 1 is 0.912 bits per heavy atom. The number of methoxy groups -OCH3 is 1. The highest BCUT2D eigenvalue weighted by Crippen LogP contribution is 2.36. The summed E-state index contributed by atoms with van der Waals surface area (Å²) in [6, 6.07) is 21.2. The van der Waals surface area contributed by atoms with Gasteiger partial charge in [0.05, 0.1) is 18.8 Å². The molecule has 0 aliphatic heterocycles. The van der Waals surface area contributed by atoms with Crippen LogP contribution in [0.1, 0.15) is 12.5 Å². The van der Waals surface area contributed by atoms with Crippen molar-refractivity contribution in [2.24, 2.45) is 0 Å². The van der Waals surface area contributed by atoms with Crippen molar-refractivity contribution in [1.82, 2.24) is 5.32 Å². The fraction of sp³-hybridized carbons (Fsp3) is 0.160. The lowest BCUT2D eigenvalue weighted by Crippen LogP contribution is -2.37. The van der Waals surface area contributed by atoms with Crippen molar-refractivity contribution in [2.75, 3.05) is 12.4 Å². The summed E-state index contributed by atoms with van der Waals surface area (Å²) in [4.78, 5) is 30.8. The standard InChI is InChI=1S/C23H22N2O3.C2H2O4/c1-15(24-14-16-8-4-3-5-9-16)23(26)25-19-13-21-18(12-22(19)27-2)17-10-6-7-11-20(17)28-21;3-1(4)2(5)6/h3-13,15,24H,14H2,1-2H3,(H,25,26);(H,3,4)(H,5,6). The second-order valence-corrected chi connectivity index (χ2v) is 7.33. The molecule has 1 atom stereocenters. The summed E-state index contributed by atoms with van der Waals surface area (Å²) in [7, 11) is 1.59. The van der Waals surface area contributed by atoms with E-state index in [0.717, 1.165) is 21.9 Å². The normalized spacial score (nSPS) is 11.4. The number of anilines is 1. The zero-order valence-electron chi connectivity index (χ0n) is 18.6. The maximum Gasteiger partial charge on any atom is 0.414 e. The molecule has 1 aromatic heterocycles. The van der Waals surface area contributed by atoms with E-state index in [4.69, 9.17) is 29.0 Å². The summed E-state index contributed by atoms with van der Waals surface area (Å²) in [5.74, 6) is -3.18. The average molecular weight is 464 g/mol. The van der Waals surface area contributed by atoms with Crippen LogP contribution in [0.2, 0.25) is 0 Å². The third-order valence-corrected chi connectivity index (χ3v) is 4.99. The molecule has 176 valence electrons. The quantitative estimate of drug-likeness (QED) is 0.316. The SMILES string of the molecule is COc1cc2c(cc1NC(=O)C(C)NCc1ccccc1)oc1ccccc12.O=C(O)C(=O)O. The zero-order valence-corrected chi connectivity index (χ0v) is 18.6. The Morgan fingerprint density at radius 2 is 1.56 bits per heavy atom. The van der Waals surface area contributed by atoms with Gasteiger partial charge in [-0.25, -0.2) is 9.59 Å². The summed E-state index contributed by atoms with van der Waals surface area (Å²) in [6.07, 6.45) is 0. The van der Waals surface area contributed by atoms with Gasteiger partial charge in [0.15, 0.2) is 0 Å². The van der Waals surface area contributed by atoms with E-state index in [0.29, 0.717) is 23.6 Å². The highest BCUT2D eigenvalue weighted by atomic mass is 16.5. The largest absolute Gasteiger partial charge is 0.495 e. The van der Waals surface area contributed by atoms with E-state index >= 15 is 0 Å². The highest BCUT2D eigenvalue weighted by Gasteiger charge is 2.17. The van der Waals surface area contributed by atoms with Gasteiger partial charge in [-0.15, -0.1) is 0 Å². The first-order valence-corrected chi connectivity index (χ1v) is 10.3. The van der Waals surface area contributed by atoms with Gasteiger partial charge in [0.1, 0.15) is 16.9 Å². The van der Waals surface area contributed by atoms with Crippen LogP contribution in [0.4, 0.5) is 5.69 Å². The number of carbonyl (C=O) groups is 3. The number of fused-ring (bicyclic) bond motifs is 3. The molecule has 1 unspecified atom stereocenters. The topological polar surface area (TPSA) is 138 Å². The fourth-order valence-electron chi connectivity index (χ4n) is 3.22. The number of nitrogens with one attached hydrogen (secondary N) is 2. The molecule has 0 fully saturated rings. The van der Waals surface area contributed by atoms with Gasteiger partial charge < -0.3 is 30.0 Å². The molecule has 0 radical (unpaired) electrons. The van der Waals surface area contributed by atoms with Gasteiger partial charge in [0.25, 0.3) is 0 Å². The van der Waals surface area contributed by atoms with Crippen molar-refractivity contribution in [1.29, 1.82) is 0 Å². The van der Waals surface area contributed by atoms with Crippen LogP contribution in [0, 0.1) is 0 Å². The molecular formula is C25H24N2O7. The van der Waals surface area contributed by atoms with Gasteiger partial charge in [-0.3, -0.25) is 4.79 Å². The first-order valence-electron chi connectivity index (χ1n) is 10.3. The number of rotatable bonds is 6. The molecule has 4 N–H and O–H groups in total. The lowest BCUT2D eigenvalue weighted by molar-refractivity contribution is -0.159. The maximum absolute atomic E-state index is 12.7. The minimum atomic E-state index is -1.82. The number of furan rings is 1. The molecular weight excluding hydrogens is 440 g/mol. The van der Waals surface area contributed by atoms with Gasteiger partial charge >= 0.3 is 11.9 Å². The van der Waals surface area contributed by atoms with Crippen molar-refractivity contribution < 1.29 is 33.8 Å². The van der Waals surface area contributed by atoms with Crippen LogP contribution in [-0.2, 0) is 20.9 Å². The van der Waals surface area contributed by atoms with Gasteiger partial charge in [-0.2, -0.15) is 0 Å². The Hall–Kier alpha value is -4.37. The van der Waals surface area contributed by atoms with Crippen LogP contribution in [0.25, 0.3) is 21.9 Å². The predicted molar refractivity (Wildman–Crippen MR) is 127 cm³/mol. The number of hydrogen-bond acceptors (Lipinski definition) is 6. The number of aliphatic carboxylic acids is 2. The molecule has 0 spiro atoms. The Labute approximate surface area is 194 Å². The van der Waals surface area contributed by atoms with E-state index in [9.17, 15) is 4.79 Å². The van der Waals surface area contributed by atoms with Crippen LogP contribution >= 0.6 is 0 Å². The first-order chi connectivity index (χ1) is 16.3. The second kappa shape index (κ2) is 11.0. The van der Waals surface area contributed by atoms with Gasteiger partial charge in [0.2, 0.25) is 5.91 Å². The molecule has 1 amide bonds. The smallest absolute Gasteiger partial charge is 0.414 e. The number of carboxylic acids is 2. The maximum atomic E-state index is 12.7. The minimum absolute atomic E-state index is 0.135. The molecule has 1 heterocycles. The number of amides is 1. The lowest BCUT2D eigenvalue weighted by atomic mass is 10.1. The zero-order chi connectivity index (χ0) is 24.7.